The molecule has 1 aromatic rings. The van der Waals surface area contributed by atoms with E-state index in [1.165, 1.54) is 0 Å². The van der Waals surface area contributed by atoms with Gasteiger partial charge in [-0.15, -0.1) is 0 Å². The van der Waals surface area contributed by atoms with Crippen LogP contribution in [0.1, 0.15) is 44.8 Å². The van der Waals surface area contributed by atoms with Gasteiger partial charge in [0.2, 0.25) is 0 Å². The summed E-state index contributed by atoms with van der Waals surface area (Å²) in [4.78, 5) is 0. The number of aliphatic hydroxyl groups is 1. The third kappa shape index (κ3) is 3.74. The van der Waals surface area contributed by atoms with Crippen LogP contribution in [0.25, 0.3) is 0 Å². The van der Waals surface area contributed by atoms with Crippen molar-refractivity contribution in [3.8, 4) is 0 Å². The zero-order chi connectivity index (χ0) is 14.0. The number of nitrogens with one attached hydrogen (secondary N) is 1. The lowest BCUT2D eigenvalue weighted by molar-refractivity contribution is 0.164. The molecule has 0 aromatic heterocycles. The number of benzene rings is 1. The fourth-order valence-corrected chi connectivity index (χ4v) is 2.77. The molecule has 19 heavy (non-hydrogen) atoms. The Balaban J connectivity index is 1.91. The van der Waals surface area contributed by atoms with Crippen molar-refractivity contribution >= 4 is 0 Å². The largest absolute Gasteiger partial charge is 0.387 e. The number of hydrogen-bond donors (Lipinski definition) is 2. The molecule has 1 aliphatic carbocycles. The summed E-state index contributed by atoms with van der Waals surface area (Å²) < 4.78 is 26.5. The van der Waals surface area contributed by atoms with Crippen LogP contribution in [0.5, 0.6) is 0 Å². The first-order valence-electron chi connectivity index (χ1n) is 6.74. The van der Waals surface area contributed by atoms with Gasteiger partial charge in [-0.2, -0.15) is 0 Å². The molecule has 0 aliphatic heterocycles. The number of halogens is 2. The standard InChI is InChI=1S/C15H21F2NO/c1-15(2)6-5-11(8-15)18-9-14(19)12-7-10(16)3-4-13(12)17/h3-4,7,11,14,18-19H,5-6,8-9H2,1-2H3. The number of hydrogen-bond acceptors (Lipinski definition) is 2. The molecule has 2 unspecified atom stereocenters. The van der Waals surface area contributed by atoms with E-state index in [1.807, 2.05) is 0 Å². The van der Waals surface area contributed by atoms with Crippen LogP contribution in [0.2, 0.25) is 0 Å². The fraction of sp³-hybridized carbons (Fsp3) is 0.600. The van der Waals surface area contributed by atoms with Crippen LogP contribution in [-0.2, 0) is 0 Å². The first-order valence-corrected chi connectivity index (χ1v) is 6.74. The summed E-state index contributed by atoms with van der Waals surface area (Å²) in [5, 5.41) is 13.2. The highest BCUT2D eigenvalue weighted by Crippen LogP contribution is 2.37. The highest BCUT2D eigenvalue weighted by atomic mass is 19.1. The van der Waals surface area contributed by atoms with Crippen molar-refractivity contribution in [3.05, 3.63) is 35.4 Å². The van der Waals surface area contributed by atoms with Crippen LogP contribution in [0.15, 0.2) is 18.2 Å². The summed E-state index contributed by atoms with van der Waals surface area (Å²) >= 11 is 0. The Kier molecular flexibility index (Phi) is 4.21. The van der Waals surface area contributed by atoms with Crippen LogP contribution < -0.4 is 5.32 Å². The maximum absolute atomic E-state index is 13.5. The van der Waals surface area contributed by atoms with E-state index in [-0.39, 0.29) is 12.1 Å². The van der Waals surface area contributed by atoms with Crippen molar-refractivity contribution in [2.75, 3.05) is 6.54 Å². The lowest BCUT2D eigenvalue weighted by Gasteiger charge is -2.20. The first kappa shape index (κ1) is 14.4. The lowest BCUT2D eigenvalue weighted by atomic mass is 9.92. The van der Waals surface area contributed by atoms with Crippen molar-refractivity contribution in [1.82, 2.24) is 5.32 Å². The number of rotatable bonds is 4. The summed E-state index contributed by atoms with van der Waals surface area (Å²) in [6.07, 6.45) is 2.24. The zero-order valence-electron chi connectivity index (χ0n) is 11.4. The van der Waals surface area contributed by atoms with Gasteiger partial charge in [0, 0.05) is 18.2 Å². The summed E-state index contributed by atoms with van der Waals surface area (Å²) in [5.74, 6) is -1.10. The zero-order valence-corrected chi connectivity index (χ0v) is 11.4. The molecule has 0 heterocycles. The Morgan fingerprint density at radius 1 is 1.42 bits per heavy atom. The molecule has 106 valence electrons. The van der Waals surface area contributed by atoms with E-state index >= 15 is 0 Å². The molecule has 1 aliphatic rings. The maximum atomic E-state index is 13.5. The molecule has 0 saturated heterocycles. The van der Waals surface area contributed by atoms with Gasteiger partial charge in [-0.1, -0.05) is 13.8 Å². The van der Waals surface area contributed by atoms with E-state index in [1.54, 1.807) is 0 Å². The molecule has 1 fully saturated rings. The highest BCUT2D eigenvalue weighted by molar-refractivity contribution is 5.21. The van der Waals surface area contributed by atoms with E-state index in [0.717, 1.165) is 37.5 Å². The second-order valence-corrected chi connectivity index (χ2v) is 6.19. The molecule has 1 aromatic carbocycles. The van der Waals surface area contributed by atoms with Gasteiger partial charge in [0.05, 0.1) is 6.10 Å². The smallest absolute Gasteiger partial charge is 0.129 e. The Morgan fingerprint density at radius 3 is 2.79 bits per heavy atom. The summed E-state index contributed by atoms with van der Waals surface area (Å²) in [5.41, 5.74) is 0.344. The van der Waals surface area contributed by atoms with Gasteiger partial charge in [0.25, 0.3) is 0 Å². The van der Waals surface area contributed by atoms with Gasteiger partial charge in [-0.25, -0.2) is 8.78 Å². The fourth-order valence-electron chi connectivity index (χ4n) is 2.77. The third-order valence-electron chi connectivity index (χ3n) is 3.89. The molecule has 2 rings (SSSR count). The van der Waals surface area contributed by atoms with Gasteiger partial charge in [0.15, 0.2) is 0 Å². The minimum Gasteiger partial charge on any atom is -0.387 e. The summed E-state index contributed by atoms with van der Waals surface area (Å²) in [6.45, 7) is 4.69. The van der Waals surface area contributed by atoms with Crippen LogP contribution in [-0.4, -0.2) is 17.7 Å². The van der Waals surface area contributed by atoms with Crippen molar-refractivity contribution in [1.29, 1.82) is 0 Å². The summed E-state index contributed by atoms with van der Waals surface area (Å²) in [7, 11) is 0. The summed E-state index contributed by atoms with van der Waals surface area (Å²) in [6, 6.07) is 3.51. The molecular weight excluding hydrogens is 248 g/mol. The van der Waals surface area contributed by atoms with E-state index in [0.29, 0.717) is 11.5 Å². The van der Waals surface area contributed by atoms with Crippen molar-refractivity contribution in [2.45, 2.75) is 45.3 Å². The number of aliphatic hydroxyl groups excluding tert-OH is 1. The van der Waals surface area contributed by atoms with Crippen molar-refractivity contribution in [3.63, 3.8) is 0 Å². The molecule has 0 bridgehead atoms. The van der Waals surface area contributed by atoms with Crippen LogP contribution >= 0.6 is 0 Å². The topological polar surface area (TPSA) is 32.3 Å². The maximum Gasteiger partial charge on any atom is 0.129 e. The molecule has 2 atom stereocenters. The Labute approximate surface area is 112 Å². The quantitative estimate of drug-likeness (QED) is 0.880. The molecular formula is C15H21F2NO. The lowest BCUT2D eigenvalue weighted by Crippen LogP contribution is -2.31. The third-order valence-corrected chi connectivity index (χ3v) is 3.89. The normalized spacial score (nSPS) is 23.5. The van der Waals surface area contributed by atoms with Gasteiger partial charge < -0.3 is 10.4 Å². The SMILES string of the molecule is CC1(C)CCC(NCC(O)c2cc(F)ccc2F)C1. The molecule has 2 nitrogen and oxygen atoms in total. The molecule has 0 amide bonds. The average Bonchev–Trinajstić information content (AvgIpc) is 2.69. The minimum atomic E-state index is -1.01. The van der Waals surface area contributed by atoms with Crippen molar-refractivity contribution in [2.24, 2.45) is 5.41 Å². The van der Waals surface area contributed by atoms with Crippen LogP contribution in [0, 0.1) is 17.0 Å². The van der Waals surface area contributed by atoms with Crippen LogP contribution in [0.3, 0.4) is 0 Å². The average molecular weight is 269 g/mol. The minimum absolute atomic E-state index is 0.0183. The molecule has 1 saturated carbocycles. The Hall–Kier alpha value is -1.00. The van der Waals surface area contributed by atoms with Gasteiger partial charge in [0.1, 0.15) is 11.6 Å². The van der Waals surface area contributed by atoms with Gasteiger partial charge >= 0.3 is 0 Å². The van der Waals surface area contributed by atoms with Crippen molar-refractivity contribution < 1.29 is 13.9 Å². The monoisotopic (exact) mass is 269 g/mol. The predicted octanol–water partition coefficient (Wildman–Crippen LogP) is 3.17. The second-order valence-electron chi connectivity index (χ2n) is 6.19. The Bertz CT molecular complexity index is 448. The first-order chi connectivity index (χ1) is 8.87. The van der Waals surface area contributed by atoms with E-state index in [9.17, 15) is 13.9 Å². The Morgan fingerprint density at radius 2 is 2.16 bits per heavy atom. The molecule has 0 spiro atoms. The van der Waals surface area contributed by atoms with Gasteiger partial charge in [-0.05, 0) is 42.9 Å². The molecule has 2 N–H and O–H groups in total. The molecule has 4 heteroatoms. The highest BCUT2D eigenvalue weighted by Gasteiger charge is 2.30. The predicted molar refractivity (Wildman–Crippen MR) is 70.7 cm³/mol. The van der Waals surface area contributed by atoms with E-state index in [2.05, 4.69) is 19.2 Å². The van der Waals surface area contributed by atoms with Crippen LogP contribution in [0.4, 0.5) is 8.78 Å². The second kappa shape index (κ2) is 5.55. The molecule has 0 radical (unpaired) electrons. The van der Waals surface area contributed by atoms with E-state index in [4.69, 9.17) is 0 Å². The van der Waals surface area contributed by atoms with E-state index < -0.39 is 17.7 Å². The van der Waals surface area contributed by atoms with Gasteiger partial charge in [-0.3, -0.25) is 0 Å².